The lowest BCUT2D eigenvalue weighted by Crippen LogP contribution is -2.35. The number of unbranched alkanes of at least 4 members (excludes halogenated alkanes) is 2. The Kier molecular flexibility index (Phi) is 7.49. The Morgan fingerprint density at radius 2 is 2.22 bits per heavy atom. The zero-order chi connectivity index (χ0) is 16.7. The summed E-state index contributed by atoms with van der Waals surface area (Å²) in [4.78, 5) is 0. The number of fused-ring (bicyclic) bond motifs is 1. The Labute approximate surface area is 141 Å². The van der Waals surface area contributed by atoms with Gasteiger partial charge in [0.2, 0.25) is 11.3 Å². The largest absolute Gasteiger partial charge is 0.496 e. The molecule has 1 aromatic rings. The van der Waals surface area contributed by atoms with Crippen molar-refractivity contribution in [1.82, 2.24) is 9.62 Å². The normalized spacial score (nSPS) is 18.7. The van der Waals surface area contributed by atoms with Crippen molar-refractivity contribution in [3.05, 3.63) is 29.3 Å². The van der Waals surface area contributed by atoms with Gasteiger partial charge in [0.25, 0.3) is 0 Å². The van der Waals surface area contributed by atoms with Crippen LogP contribution < -0.4 is 10.1 Å². The van der Waals surface area contributed by atoms with E-state index in [4.69, 9.17) is 9.29 Å². The van der Waals surface area contributed by atoms with Crippen LogP contribution in [0, 0.1) is 0 Å². The first-order valence-electron chi connectivity index (χ1n) is 8.32. The Balaban J connectivity index is 1.67. The molecule has 23 heavy (non-hydrogen) atoms. The van der Waals surface area contributed by atoms with Gasteiger partial charge in [0.15, 0.2) is 0 Å². The van der Waals surface area contributed by atoms with Crippen LogP contribution in [0.3, 0.4) is 0 Å². The highest BCUT2D eigenvalue weighted by Gasteiger charge is 2.20. The zero-order valence-corrected chi connectivity index (χ0v) is 14.9. The van der Waals surface area contributed by atoms with Crippen LogP contribution in [0.15, 0.2) is 18.2 Å². The average Bonchev–Trinajstić information content (AvgIpc) is 2.56. The molecule has 2 atom stereocenters. The molecule has 0 amide bonds. The van der Waals surface area contributed by atoms with Gasteiger partial charge in [-0.3, -0.25) is 4.55 Å². The fourth-order valence-corrected chi connectivity index (χ4v) is 3.43. The number of nitrogens with zero attached hydrogens (tertiary/aromatic N) is 1. The summed E-state index contributed by atoms with van der Waals surface area (Å²) < 4.78 is 26.6. The van der Waals surface area contributed by atoms with E-state index < -0.39 is 11.3 Å². The van der Waals surface area contributed by atoms with Crippen LogP contribution in [0.5, 0.6) is 5.75 Å². The lowest BCUT2D eigenvalue weighted by atomic mass is 9.87. The number of rotatable bonds is 9. The van der Waals surface area contributed by atoms with Gasteiger partial charge in [-0.15, -0.1) is 0 Å². The van der Waals surface area contributed by atoms with Crippen molar-refractivity contribution >= 4 is 11.3 Å². The van der Waals surface area contributed by atoms with Crippen LogP contribution >= 0.6 is 0 Å². The van der Waals surface area contributed by atoms with Crippen LogP contribution in [0.1, 0.15) is 36.8 Å². The average molecular weight is 340 g/mol. The third-order valence-electron chi connectivity index (χ3n) is 4.51. The van der Waals surface area contributed by atoms with Gasteiger partial charge in [-0.1, -0.05) is 18.6 Å². The minimum absolute atomic E-state index is 0.520. The molecule has 0 aromatic heterocycles. The first-order valence-corrected chi connectivity index (χ1v) is 9.38. The molecule has 0 saturated carbocycles. The smallest absolute Gasteiger partial charge is 0.234 e. The minimum atomic E-state index is -1.84. The zero-order valence-electron chi connectivity index (χ0n) is 14.1. The summed E-state index contributed by atoms with van der Waals surface area (Å²) in [5.74, 6) is 1.01. The van der Waals surface area contributed by atoms with E-state index in [1.807, 2.05) is 6.07 Å². The predicted molar refractivity (Wildman–Crippen MR) is 94.1 cm³/mol. The molecule has 0 heterocycles. The highest BCUT2D eigenvalue weighted by molar-refractivity contribution is 7.76. The highest BCUT2D eigenvalue weighted by atomic mass is 32.2. The second kappa shape index (κ2) is 9.37. The molecule has 2 unspecified atom stereocenters. The van der Waals surface area contributed by atoms with Crippen LogP contribution in [-0.2, 0) is 24.1 Å². The summed E-state index contributed by atoms with van der Waals surface area (Å²) in [7, 11) is 3.41. The summed E-state index contributed by atoms with van der Waals surface area (Å²) in [6.07, 6.45) is 6.43. The minimum Gasteiger partial charge on any atom is -0.496 e. The molecule has 0 bridgehead atoms. The second-order valence-electron chi connectivity index (χ2n) is 6.13. The number of ether oxygens (including phenoxy) is 1. The molecule has 1 aliphatic carbocycles. The van der Waals surface area contributed by atoms with Gasteiger partial charge in [0, 0.05) is 19.6 Å². The van der Waals surface area contributed by atoms with Crippen molar-refractivity contribution in [2.75, 3.05) is 27.2 Å². The summed E-state index contributed by atoms with van der Waals surface area (Å²) >= 11 is -1.84. The molecule has 6 heteroatoms. The highest BCUT2D eigenvalue weighted by Crippen LogP contribution is 2.29. The summed E-state index contributed by atoms with van der Waals surface area (Å²) in [5, 5.41) is 3.65. The molecule has 2 rings (SSSR count). The molecule has 0 saturated heterocycles. The molecule has 1 aliphatic rings. The van der Waals surface area contributed by atoms with Gasteiger partial charge in [0.05, 0.1) is 7.11 Å². The van der Waals surface area contributed by atoms with E-state index in [0.29, 0.717) is 12.6 Å². The number of hydrogen-bond donors (Lipinski definition) is 2. The third-order valence-corrected chi connectivity index (χ3v) is 5.23. The van der Waals surface area contributed by atoms with E-state index in [9.17, 15) is 4.21 Å². The number of nitrogens with one attached hydrogen (secondary N) is 1. The van der Waals surface area contributed by atoms with Crippen LogP contribution in [0.25, 0.3) is 0 Å². The predicted octanol–water partition coefficient (Wildman–Crippen LogP) is 2.38. The molecule has 2 N–H and O–H groups in total. The molecule has 0 spiro atoms. The van der Waals surface area contributed by atoms with Gasteiger partial charge in [0.1, 0.15) is 5.75 Å². The summed E-state index contributed by atoms with van der Waals surface area (Å²) in [6.45, 7) is 1.66. The maximum Gasteiger partial charge on any atom is 0.234 e. The molecular weight excluding hydrogens is 312 g/mol. The van der Waals surface area contributed by atoms with E-state index in [-0.39, 0.29) is 0 Å². The Morgan fingerprint density at radius 1 is 1.39 bits per heavy atom. The van der Waals surface area contributed by atoms with E-state index in [2.05, 4.69) is 17.4 Å². The molecule has 130 valence electrons. The molecule has 0 fully saturated rings. The fourth-order valence-electron chi connectivity index (χ4n) is 3.14. The third kappa shape index (κ3) is 5.57. The van der Waals surface area contributed by atoms with Gasteiger partial charge in [-0.25, -0.2) is 8.51 Å². The van der Waals surface area contributed by atoms with E-state index in [1.54, 1.807) is 14.2 Å². The lowest BCUT2D eigenvalue weighted by molar-refractivity contribution is 0.391. The van der Waals surface area contributed by atoms with Gasteiger partial charge in [-0.05, 0) is 55.8 Å². The van der Waals surface area contributed by atoms with Crippen LogP contribution in [0.4, 0.5) is 0 Å². The SMILES string of the molecule is COc1cccc2c1CC(NCCCCCN(C)S(=O)O)CC2. The van der Waals surface area contributed by atoms with Gasteiger partial charge < -0.3 is 10.1 Å². The first kappa shape index (κ1) is 18.4. The van der Waals surface area contributed by atoms with Gasteiger partial charge in [-0.2, -0.15) is 0 Å². The fraction of sp³-hybridized carbons (Fsp3) is 0.647. The van der Waals surface area contributed by atoms with E-state index in [1.165, 1.54) is 21.9 Å². The Morgan fingerprint density at radius 3 is 2.96 bits per heavy atom. The maximum atomic E-state index is 10.8. The Bertz CT molecular complexity index is 510. The van der Waals surface area contributed by atoms with Crippen molar-refractivity contribution < 1.29 is 13.5 Å². The summed E-state index contributed by atoms with van der Waals surface area (Å²) in [5.41, 5.74) is 2.77. The quantitative estimate of drug-likeness (QED) is 0.535. The van der Waals surface area contributed by atoms with E-state index >= 15 is 0 Å². The number of hydrogen-bond acceptors (Lipinski definition) is 3. The Hall–Kier alpha value is -0.950. The molecule has 1 aromatic carbocycles. The summed E-state index contributed by atoms with van der Waals surface area (Å²) in [6, 6.07) is 6.84. The molecule has 0 aliphatic heterocycles. The van der Waals surface area contributed by atoms with E-state index in [0.717, 1.165) is 44.4 Å². The van der Waals surface area contributed by atoms with Crippen molar-refractivity contribution in [3.63, 3.8) is 0 Å². The number of methoxy groups -OCH3 is 1. The molecular formula is C17H28N2O3S. The lowest BCUT2D eigenvalue weighted by Gasteiger charge is -2.27. The van der Waals surface area contributed by atoms with Crippen molar-refractivity contribution in [2.45, 2.75) is 44.6 Å². The van der Waals surface area contributed by atoms with Crippen LogP contribution in [0.2, 0.25) is 0 Å². The van der Waals surface area contributed by atoms with Gasteiger partial charge >= 0.3 is 0 Å². The first-order chi connectivity index (χ1) is 11.1. The molecule has 0 radical (unpaired) electrons. The maximum absolute atomic E-state index is 10.8. The molecule has 5 nitrogen and oxygen atoms in total. The van der Waals surface area contributed by atoms with Crippen molar-refractivity contribution in [3.8, 4) is 5.75 Å². The number of benzene rings is 1. The topological polar surface area (TPSA) is 61.8 Å². The van der Waals surface area contributed by atoms with Crippen molar-refractivity contribution in [1.29, 1.82) is 0 Å². The standard InChI is InChI=1S/C17H28N2O3S/c1-19(23(20)21)12-5-3-4-11-18-15-10-9-14-7-6-8-17(22-2)16(14)13-15/h6-8,15,18H,3-5,9-13H2,1-2H3,(H,20,21). The monoisotopic (exact) mass is 340 g/mol. The van der Waals surface area contributed by atoms with Crippen LogP contribution in [-0.4, -0.2) is 46.4 Å². The second-order valence-corrected chi connectivity index (χ2v) is 7.22. The van der Waals surface area contributed by atoms with Crippen molar-refractivity contribution in [2.24, 2.45) is 0 Å². The number of aryl methyl sites for hydroxylation is 1.